The molecule has 0 aliphatic carbocycles. The van der Waals surface area contributed by atoms with Crippen molar-refractivity contribution in [3.05, 3.63) is 35.4 Å². The lowest BCUT2D eigenvalue weighted by Gasteiger charge is -2.14. The zero-order valence-electron chi connectivity index (χ0n) is 15.2. The van der Waals surface area contributed by atoms with Crippen LogP contribution in [0.15, 0.2) is 24.3 Å². The number of nitrogens with zero attached hydrogens (tertiary/aromatic N) is 1. The van der Waals surface area contributed by atoms with Crippen LogP contribution in [0.2, 0.25) is 0 Å². The van der Waals surface area contributed by atoms with Crippen LogP contribution in [0.3, 0.4) is 0 Å². The monoisotopic (exact) mass is 360 g/mol. The lowest BCUT2D eigenvalue weighted by molar-refractivity contribution is -0.534. The molecular formula is C20H28N2O4. The van der Waals surface area contributed by atoms with Crippen LogP contribution in [-0.2, 0) is 0 Å². The maximum absolute atomic E-state index is 11.5. The van der Waals surface area contributed by atoms with Crippen LogP contribution in [0.4, 0.5) is 0 Å². The van der Waals surface area contributed by atoms with Crippen LogP contribution in [0.5, 0.6) is 0 Å². The van der Waals surface area contributed by atoms with E-state index >= 15 is 0 Å². The second-order valence-corrected chi connectivity index (χ2v) is 6.61. The Morgan fingerprint density at radius 1 is 1.08 bits per heavy atom. The first kappa shape index (κ1) is 20.1. The maximum atomic E-state index is 11.5. The summed E-state index contributed by atoms with van der Waals surface area (Å²) < 4.78 is 2.54. The molecule has 0 amide bonds. The molecule has 1 aromatic rings. The molecule has 2 N–H and O–H groups in total. The van der Waals surface area contributed by atoms with Crippen molar-refractivity contribution in [1.29, 1.82) is 0 Å². The zero-order valence-corrected chi connectivity index (χ0v) is 15.2. The van der Waals surface area contributed by atoms with Crippen LogP contribution in [-0.4, -0.2) is 53.5 Å². The number of ketones is 1. The highest BCUT2D eigenvalue weighted by Crippen LogP contribution is 2.11. The smallest absolute Gasteiger partial charge is 0.244 e. The van der Waals surface area contributed by atoms with Gasteiger partial charge in [0, 0.05) is 37.0 Å². The molecule has 2 aliphatic rings. The van der Waals surface area contributed by atoms with E-state index < -0.39 is 5.97 Å². The molecule has 0 radical (unpaired) electrons. The van der Waals surface area contributed by atoms with Crippen LogP contribution >= 0.6 is 0 Å². The van der Waals surface area contributed by atoms with Crippen molar-refractivity contribution in [3.63, 3.8) is 0 Å². The van der Waals surface area contributed by atoms with E-state index in [1.807, 2.05) is 0 Å². The summed E-state index contributed by atoms with van der Waals surface area (Å²) in [6.07, 6.45) is 7.29. The molecule has 0 fully saturated rings. The standard InChI is InChI=1S/C11H12O4.C9H16N2/c12-7-3-6-10(13)8-4-1-2-5-9(8)11(14)15;1-2-5-9-10-6-4-8-11(9)7-3-1/h1-2,4-5,12H,3,6-7H2,(H,14,15);1-8H2. The molecule has 1 aromatic carbocycles. The Balaban J connectivity index is 0.000000195. The molecule has 6 nitrogen and oxygen atoms in total. The van der Waals surface area contributed by atoms with Gasteiger partial charge in [-0.2, -0.15) is 0 Å². The third-order valence-corrected chi connectivity index (χ3v) is 4.67. The molecule has 6 heteroatoms. The van der Waals surface area contributed by atoms with Crippen LogP contribution in [0.25, 0.3) is 0 Å². The molecule has 0 bridgehead atoms. The summed E-state index contributed by atoms with van der Waals surface area (Å²) >= 11 is 0. The van der Waals surface area contributed by atoms with E-state index in [4.69, 9.17) is 5.11 Å². The second-order valence-electron chi connectivity index (χ2n) is 6.61. The summed E-state index contributed by atoms with van der Waals surface area (Å²) in [4.78, 5) is 22.2. The Morgan fingerprint density at radius 3 is 2.54 bits per heavy atom. The first-order valence-corrected chi connectivity index (χ1v) is 9.42. The minimum absolute atomic E-state index is 0.0841. The number of Topliss-reactive ketones (excluding diaryl/α,β-unsaturated/α-hetero) is 1. The summed E-state index contributed by atoms with van der Waals surface area (Å²) in [5, 5.41) is 22.8. The van der Waals surface area contributed by atoms with E-state index in [1.54, 1.807) is 6.07 Å². The van der Waals surface area contributed by atoms with Crippen molar-refractivity contribution in [2.24, 2.45) is 0 Å². The molecule has 2 heterocycles. The Kier molecular flexibility index (Phi) is 8.28. The molecule has 26 heavy (non-hydrogen) atoms. The summed E-state index contributed by atoms with van der Waals surface area (Å²) in [5.41, 5.74) is 0.0476. The number of rotatable bonds is 5. The molecule has 0 spiro atoms. The molecule has 2 aliphatic heterocycles. The Labute approximate surface area is 154 Å². The number of carboxylic acids is 1. The van der Waals surface area contributed by atoms with Gasteiger partial charge < -0.3 is 15.0 Å². The van der Waals surface area contributed by atoms with E-state index in [2.05, 4.69) is 9.89 Å². The first-order chi connectivity index (χ1) is 12.6. The zero-order chi connectivity index (χ0) is 18.8. The van der Waals surface area contributed by atoms with Crippen molar-refractivity contribution in [1.82, 2.24) is 5.32 Å². The van der Waals surface area contributed by atoms with E-state index in [9.17, 15) is 14.7 Å². The number of carboxylic acid groups (broad SMARTS) is 1. The number of carbonyl (C=O) groups excluding carboxylic acids is 2. The minimum atomic E-state index is -1.36. The number of carbonyl (C=O) groups is 2. The molecule has 142 valence electrons. The van der Waals surface area contributed by atoms with E-state index in [0.29, 0.717) is 6.42 Å². The SMILES string of the molecule is C1CCC2=[N+](CC1)CCCN2.O=C([O-])c1ccccc1C(=O)CCCO. The predicted molar refractivity (Wildman–Crippen MR) is 97.5 cm³/mol. The van der Waals surface area contributed by atoms with Gasteiger partial charge in [0.25, 0.3) is 0 Å². The fourth-order valence-electron chi connectivity index (χ4n) is 3.29. The van der Waals surface area contributed by atoms with Crippen molar-refractivity contribution in [2.75, 3.05) is 26.2 Å². The topological polar surface area (TPSA) is 92.5 Å². The number of hydrogen-bond acceptors (Lipinski definition) is 5. The normalized spacial score (nSPS) is 16.5. The van der Waals surface area contributed by atoms with Gasteiger partial charge in [0.15, 0.2) is 5.78 Å². The molecule has 0 unspecified atom stereocenters. The number of aliphatic hydroxyl groups is 1. The molecule has 0 aromatic heterocycles. The summed E-state index contributed by atoms with van der Waals surface area (Å²) in [6.45, 7) is 3.70. The third-order valence-electron chi connectivity index (χ3n) is 4.67. The van der Waals surface area contributed by atoms with E-state index in [1.165, 1.54) is 75.8 Å². The van der Waals surface area contributed by atoms with Crippen molar-refractivity contribution in [2.45, 2.75) is 44.9 Å². The van der Waals surface area contributed by atoms with Crippen LogP contribution in [0.1, 0.15) is 65.7 Å². The van der Waals surface area contributed by atoms with Gasteiger partial charge in [0.05, 0.1) is 25.6 Å². The number of aliphatic hydroxyl groups excluding tert-OH is 1. The van der Waals surface area contributed by atoms with Crippen LogP contribution < -0.4 is 10.4 Å². The van der Waals surface area contributed by atoms with E-state index in [-0.39, 0.29) is 29.9 Å². The minimum Gasteiger partial charge on any atom is -0.545 e. The van der Waals surface area contributed by atoms with Crippen molar-refractivity contribution in [3.8, 4) is 0 Å². The Bertz CT molecular complexity index is 637. The first-order valence-electron chi connectivity index (χ1n) is 9.42. The third kappa shape index (κ3) is 5.95. The van der Waals surface area contributed by atoms with Gasteiger partial charge in [0.1, 0.15) is 0 Å². The van der Waals surface area contributed by atoms with Crippen molar-refractivity contribution < 1.29 is 24.4 Å². The fraction of sp³-hybridized carbons (Fsp3) is 0.550. The lowest BCUT2D eigenvalue weighted by atomic mass is 10.0. The summed E-state index contributed by atoms with van der Waals surface area (Å²) in [6, 6.07) is 5.92. The van der Waals surface area contributed by atoms with Gasteiger partial charge in [0.2, 0.25) is 5.84 Å². The molecule has 0 saturated heterocycles. The van der Waals surface area contributed by atoms with E-state index in [0.717, 1.165) is 0 Å². The number of hydrogen-bond donors (Lipinski definition) is 2. The van der Waals surface area contributed by atoms with Crippen LogP contribution in [0, 0.1) is 0 Å². The fourth-order valence-corrected chi connectivity index (χ4v) is 3.29. The highest BCUT2D eigenvalue weighted by molar-refractivity contribution is 6.05. The Hall–Kier alpha value is -2.21. The van der Waals surface area contributed by atoms with Gasteiger partial charge in [-0.25, -0.2) is 0 Å². The van der Waals surface area contributed by atoms with Gasteiger partial charge in [-0.15, -0.1) is 0 Å². The number of benzene rings is 1. The average Bonchev–Trinajstić information content (AvgIpc) is 2.92. The Morgan fingerprint density at radius 2 is 1.81 bits per heavy atom. The lowest BCUT2D eigenvalue weighted by Crippen LogP contribution is -2.40. The second kappa shape index (κ2) is 10.7. The van der Waals surface area contributed by atoms with Gasteiger partial charge >= 0.3 is 0 Å². The molecular weight excluding hydrogens is 332 g/mol. The number of aromatic carboxylic acids is 1. The predicted octanol–water partition coefficient (Wildman–Crippen LogP) is 0.970. The molecule has 3 rings (SSSR count). The van der Waals surface area contributed by atoms with Crippen molar-refractivity contribution >= 4 is 17.6 Å². The maximum Gasteiger partial charge on any atom is 0.244 e. The van der Waals surface area contributed by atoms with Gasteiger partial charge in [-0.05, 0) is 25.7 Å². The summed E-state index contributed by atoms with van der Waals surface area (Å²) in [7, 11) is 0. The number of nitrogens with one attached hydrogen (secondary N) is 1. The molecule has 0 saturated carbocycles. The number of amidine groups is 1. The quantitative estimate of drug-likeness (QED) is 0.603. The highest BCUT2D eigenvalue weighted by Gasteiger charge is 2.19. The largest absolute Gasteiger partial charge is 0.545 e. The van der Waals surface area contributed by atoms with Gasteiger partial charge in [-0.3, -0.25) is 14.7 Å². The average molecular weight is 360 g/mol. The van der Waals surface area contributed by atoms with Gasteiger partial charge in [-0.1, -0.05) is 24.3 Å². The summed E-state index contributed by atoms with van der Waals surface area (Å²) in [5.74, 6) is -0.124. The molecule has 0 atom stereocenters. The highest BCUT2D eigenvalue weighted by atomic mass is 16.4.